The normalized spacial score (nSPS) is 20.3. The Morgan fingerprint density at radius 3 is 2.89 bits per heavy atom. The van der Waals surface area contributed by atoms with Crippen LogP contribution in [0, 0.1) is 0 Å². The smallest absolute Gasteiger partial charge is 0.0544 e. The highest BCUT2D eigenvalue weighted by Crippen LogP contribution is 2.21. The maximum Gasteiger partial charge on any atom is 0.0544 e. The molecule has 106 valence electrons. The predicted octanol–water partition coefficient (Wildman–Crippen LogP) is 2.95. The first-order valence-corrected chi connectivity index (χ1v) is 7.60. The maximum absolute atomic E-state index is 4.61. The molecular formula is C16H27N3. The van der Waals surface area contributed by atoms with Gasteiger partial charge in [0.2, 0.25) is 0 Å². The van der Waals surface area contributed by atoms with Crippen LogP contribution in [0.1, 0.15) is 51.3 Å². The van der Waals surface area contributed by atoms with Gasteiger partial charge in [-0.05, 0) is 37.4 Å². The SMILES string of the molecule is CCC1CCCN1Cc1ccc(CNC(C)C)cn1. The largest absolute Gasteiger partial charge is 0.310 e. The molecule has 1 N–H and O–H groups in total. The van der Waals surface area contributed by atoms with Gasteiger partial charge in [-0.15, -0.1) is 0 Å². The minimum Gasteiger partial charge on any atom is -0.310 e. The summed E-state index contributed by atoms with van der Waals surface area (Å²) in [7, 11) is 0. The van der Waals surface area contributed by atoms with E-state index < -0.39 is 0 Å². The molecule has 3 nitrogen and oxygen atoms in total. The third-order valence-electron chi connectivity index (χ3n) is 3.94. The lowest BCUT2D eigenvalue weighted by Crippen LogP contribution is -2.28. The average molecular weight is 261 g/mol. The van der Waals surface area contributed by atoms with Gasteiger partial charge >= 0.3 is 0 Å². The molecule has 0 bridgehead atoms. The molecule has 1 aromatic rings. The third kappa shape index (κ3) is 4.29. The summed E-state index contributed by atoms with van der Waals surface area (Å²) < 4.78 is 0. The number of aromatic nitrogens is 1. The minimum absolute atomic E-state index is 0.523. The molecule has 2 heterocycles. The Kier molecular flexibility index (Phi) is 5.34. The number of hydrogen-bond acceptors (Lipinski definition) is 3. The summed E-state index contributed by atoms with van der Waals surface area (Å²) in [6.07, 6.45) is 5.97. The van der Waals surface area contributed by atoms with Crippen LogP contribution in [0.25, 0.3) is 0 Å². The van der Waals surface area contributed by atoms with Crippen LogP contribution in [0.4, 0.5) is 0 Å². The summed E-state index contributed by atoms with van der Waals surface area (Å²) >= 11 is 0. The molecule has 1 aliphatic heterocycles. The molecule has 0 radical (unpaired) electrons. The van der Waals surface area contributed by atoms with Gasteiger partial charge in [-0.2, -0.15) is 0 Å². The lowest BCUT2D eigenvalue weighted by atomic mass is 10.1. The zero-order valence-electron chi connectivity index (χ0n) is 12.5. The molecule has 1 unspecified atom stereocenters. The molecule has 0 saturated carbocycles. The molecule has 1 fully saturated rings. The van der Waals surface area contributed by atoms with Crippen LogP contribution < -0.4 is 5.32 Å². The topological polar surface area (TPSA) is 28.2 Å². The maximum atomic E-state index is 4.61. The molecule has 1 saturated heterocycles. The molecular weight excluding hydrogens is 234 g/mol. The Morgan fingerprint density at radius 1 is 1.42 bits per heavy atom. The van der Waals surface area contributed by atoms with Crippen molar-refractivity contribution < 1.29 is 0 Å². The molecule has 3 heteroatoms. The fourth-order valence-corrected chi connectivity index (χ4v) is 2.75. The Balaban J connectivity index is 1.87. The molecule has 0 amide bonds. The van der Waals surface area contributed by atoms with Gasteiger partial charge in [0.1, 0.15) is 0 Å². The lowest BCUT2D eigenvalue weighted by molar-refractivity contribution is 0.237. The van der Waals surface area contributed by atoms with E-state index in [4.69, 9.17) is 0 Å². The van der Waals surface area contributed by atoms with Crippen LogP contribution in [0.5, 0.6) is 0 Å². The van der Waals surface area contributed by atoms with Gasteiger partial charge in [0.05, 0.1) is 5.69 Å². The van der Waals surface area contributed by atoms with E-state index in [0.29, 0.717) is 6.04 Å². The first kappa shape index (κ1) is 14.5. The fraction of sp³-hybridized carbons (Fsp3) is 0.688. The van der Waals surface area contributed by atoms with Crippen molar-refractivity contribution in [2.75, 3.05) is 6.54 Å². The van der Waals surface area contributed by atoms with Crippen molar-refractivity contribution in [3.05, 3.63) is 29.6 Å². The second kappa shape index (κ2) is 7.01. The van der Waals surface area contributed by atoms with E-state index in [1.165, 1.54) is 37.1 Å². The van der Waals surface area contributed by atoms with E-state index in [1.54, 1.807) is 0 Å². The van der Waals surface area contributed by atoms with Crippen LogP contribution in [-0.2, 0) is 13.1 Å². The monoisotopic (exact) mass is 261 g/mol. The van der Waals surface area contributed by atoms with Crippen LogP contribution in [0.3, 0.4) is 0 Å². The van der Waals surface area contributed by atoms with Crippen molar-refractivity contribution in [2.24, 2.45) is 0 Å². The standard InChI is InChI=1S/C16H27N3/c1-4-16-6-5-9-19(16)12-15-8-7-14(11-18-15)10-17-13(2)3/h7-8,11,13,16-17H,4-6,9-10,12H2,1-3H3. The van der Waals surface area contributed by atoms with E-state index in [-0.39, 0.29) is 0 Å². The molecule has 0 aliphatic carbocycles. The Labute approximate surface area is 117 Å². The molecule has 1 atom stereocenters. The summed E-state index contributed by atoms with van der Waals surface area (Å²) in [4.78, 5) is 7.18. The summed E-state index contributed by atoms with van der Waals surface area (Å²) in [6, 6.07) is 5.68. The van der Waals surface area contributed by atoms with Crippen LogP contribution in [0.15, 0.2) is 18.3 Å². The molecule has 1 aromatic heterocycles. The number of pyridine rings is 1. The second-order valence-electron chi connectivity index (χ2n) is 5.87. The molecule has 19 heavy (non-hydrogen) atoms. The van der Waals surface area contributed by atoms with E-state index in [2.05, 4.69) is 48.1 Å². The summed E-state index contributed by atoms with van der Waals surface area (Å²) in [5.74, 6) is 0. The Morgan fingerprint density at radius 2 is 2.26 bits per heavy atom. The zero-order chi connectivity index (χ0) is 13.7. The Hall–Kier alpha value is -0.930. The average Bonchev–Trinajstić information content (AvgIpc) is 2.85. The highest BCUT2D eigenvalue weighted by molar-refractivity contribution is 5.14. The summed E-state index contributed by atoms with van der Waals surface area (Å²) in [6.45, 7) is 9.77. The molecule has 2 rings (SSSR count). The first-order chi connectivity index (χ1) is 9.19. The summed E-state index contributed by atoms with van der Waals surface area (Å²) in [5, 5.41) is 3.42. The van der Waals surface area contributed by atoms with Crippen molar-refractivity contribution in [1.29, 1.82) is 0 Å². The van der Waals surface area contributed by atoms with Gasteiger partial charge in [-0.3, -0.25) is 9.88 Å². The van der Waals surface area contributed by atoms with Crippen LogP contribution in [-0.4, -0.2) is 28.5 Å². The van der Waals surface area contributed by atoms with E-state index in [1.807, 2.05) is 6.20 Å². The van der Waals surface area contributed by atoms with Gasteiger partial charge in [0.15, 0.2) is 0 Å². The van der Waals surface area contributed by atoms with Crippen molar-refractivity contribution in [3.8, 4) is 0 Å². The number of rotatable bonds is 6. The fourth-order valence-electron chi connectivity index (χ4n) is 2.75. The number of nitrogens with zero attached hydrogens (tertiary/aromatic N) is 2. The van der Waals surface area contributed by atoms with E-state index >= 15 is 0 Å². The van der Waals surface area contributed by atoms with Crippen molar-refractivity contribution in [3.63, 3.8) is 0 Å². The highest BCUT2D eigenvalue weighted by atomic mass is 15.2. The van der Waals surface area contributed by atoms with Gasteiger partial charge in [0.25, 0.3) is 0 Å². The summed E-state index contributed by atoms with van der Waals surface area (Å²) in [5.41, 5.74) is 2.47. The van der Waals surface area contributed by atoms with Crippen LogP contribution in [0.2, 0.25) is 0 Å². The Bertz CT molecular complexity index is 372. The quantitative estimate of drug-likeness (QED) is 0.853. The number of nitrogens with one attached hydrogen (secondary N) is 1. The predicted molar refractivity (Wildman–Crippen MR) is 79.9 cm³/mol. The zero-order valence-corrected chi connectivity index (χ0v) is 12.5. The first-order valence-electron chi connectivity index (χ1n) is 7.60. The minimum atomic E-state index is 0.523. The van der Waals surface area contributed by atoms with Crippen LogP contribution >= 0.6 is 0 Å². The highest BCUT2D eigenvalue weighted by Gasteiger charge is 2.22. The van der Waals surface area contributed by atoms with Crippen molar-refractivity contribution in [1.82, 2.24) is 15.2 Å². The molecule has 0 aromatic carbocycles. The van der Waals surface area contributed by atoms with E-state index in [9.17, 15) is 0 Å². The van der Waals surface area contributed by atoms with Gasteiger partial charge in [-0.25, -0.2) is 0 Å². The third-order valence-corrected chi connectivity index (χ3v) is 3.94. The number of hydrogen-bond donors (Lipinski definition) is 1. The molecule has 1 aliphatic rings. The number of likely N-dealkylation sites (tertiary alicyclic amines) is 1. The van der Waals surface area contributed by atoms with Gasteiger partial charge in [-0.1, -0.05) is 26.8 Å². The second-order valence-corrected chi connectivity index (χ2v) is 5.87. The lowest BCUT2D eigenvalue weighted by Gasteiger charge is -2.22. The molecule has 0 spiro atoms. The van der Waals surface area contributed by atoms with Gasteiger partial charge < -0.3 is 5.32 Å². The van der Waals surface area contributed by atoms with Crippen molar-refractivity contribution in [2.45, 2.75) is 65.2 Å². The van der Waals surface area contributed by atoms with Crippen molar-refractivity contribution >= 4 is 0 Å². The van der Waals surface area contributed by atoms with E-state index in [0.717, 1.165) is 19.1 Å². The van der Waals surface area contributed by atoms with Gasteiger partial charge in [0, 0.05) is 31.4 Å².